The average molecular weight is 520 g/mol. The Hall–Kier alpha value is -3.66. The number of carbonyl (C=O) groups is 2. The molecule has 0 saturated carbocycles. The summed E-state index contributed by atoms with van der Waals surface area (Å²) in [4.78, 5) is 30.0. The number of nitrogens with one attached hydrogen (secondary N) is 3. The predicted molar refractivity (Wildman–Crippen MR) is 134 cm³/mol. The van der Waals surface area contributed by atoms with Gasteiger partial charge in [0.15, 0.2) is 5.82 Å². The van der Waals surface area contributed by atoms with Crippen LogP contribution in [0.1, 0.15) is 31.9 Å². The first-order valence-corrected chi connectivity index (χ1v) is 11.3. The van der Waals surface area contributed by atoms with Gasteiger partial charge in [0.1, 0.15) is 5.02 Å². The van der Waals surface area contributed by atoms with Crippen LogP contribution < -0.4 is 16.0 Å². The van der Waals surface area contributed by atoms with Gasteiger partial charge in [0.25, 0.3) is 0 Å². The van der Waals surface area contributed by atoms with Gasteiger partial charge in [0, 0.05) is 22.5 Å². The van der Waals surface area contributed by atoms with Crippen LogP contribution in [0.15, 0.2) is 48.7 Å². The molecule has 36 heavy (non-hydrogen) atoms. The second-order valence-corrected chi connectivity index (χ2v) is 9.48. The van der Waals surface area contributed by atoms with Gasteiger partial charge in [-0.2, -0.15) is 18.2 Å². The number of aryl methyl sites for hydroxylation is 2. The van der Waals surface area contributed by atoms with E-state index in [1.807, 2.05) is 51.1 Å². The number of hydrogen-bond donors (Lipinski definition) is 3. The molecule has 0 spiro atoms. The standard InChI is InChI=1S/C23H24ClN5O.C2HF3O/c1-23(2,3)21(30)28-19-10-9-17-12-15(19)8-7-14-5-4-6-16(11-14)27-22-25-13-18(24)20(26-17)29-22;3-2(4,5)1-6/h4-6,9-13H,7-8H2,1-3H3,(H,28,30)(H2,25,26,27,29);1H. The molecule has 4 rings (SSSR count). The normalized spacial score (nSPS) is 12.8. The van der Waals surface area contributed by atoms with E-state index in [-0.39, 0.29) is 5.91 Å². The van der Waals surface area contributed by atoms with Crippen molar-refractivity contribution in [3.63, 3.8) is 0 Å². The van der Waals surface area contributed by atoms with Crippen molar-refractivity contribution in [1.29, 1.82) is 0 Å². The number of halogens is 4. The molecule has 1 aromatic heterocycles. The van der Waals surface area contributed by atoms with Crippen LogP contribution in [-0.4, -0.2) is 28.3 Å². The molecule has 1 amide bonds. The number of aldehydes is 1. The highest BCUT2D eigenvalue weighted by Gasteiger charge is 2.25. The van der Waals surface area contributed by atoms with Crippen molar-refractivity contribution >= 4 is 52.6 Å². The summed E-state index contributed by atoms with van der Waals surface area (Å²) in [6, 6.07) is 14.0. The Morgan fingerprint density at radius 3 is 2.42 bits per heavy atom. The zero-order valence-electron chi connectivity index (χ0n) is 19.8. The van der Waals surface area contributed by atoms with Crippen molar-refractivity contribution in [2.24, 2.45) is 5.41 Å². The molecule has 3 N–H and O–H groups in total. The van der Waals surface area contributed by atoms with Gasteiger partial charge in [-0.1, -0.05) is 44.5 Å². The third-order valence-corrected chi connectivity index (χ3v) is 5.32. The lowest BCUT2D eigenvalue weighted by atomic mass is 9.95. The average Bonchev–Trinajstić information content (AvgIpc) is 2.80. The highest BCUT2D eigenvalue weighted by molar-refractivity contribution is 6.32. The zero-order chi connectivity index (χ0) is 26.5. The van der Waals surface area contributed by atoms with E-state index in [2.05, 4.69) is 38.1 Å². The monoisotopic (exact) mass is 519 g/mol. The molecule has 0 saturated heterocycles. The molecule has 2 aromatic carbocycles. The topological polar surface area (TPSA) is 96.0 Å². The minimum Gasteiger partial charge on any atom is -0.339 e. The first-order valence-electron chi connectivity index (χ1n) is 11.0. The molecule has 6 bridgehead atoms. The van der Waals surface area contributed by atoms with E-state index < -0.39 is 17.9 Å². The maximum absolute atomic E-state index is 12.6. The maximum Gasteiger partial charge on any atom is 0.446 e. The first kappa shape index (κ1) is 26.9. The van der Waals surface area contributed by atoms with Crippen molar-refractivity contribution in [3.05, 3.63) is 64.8 Å². The van der Waals surface area contributed by atoms with E-state index in [9.17, 15) is 18.0 Å². The second kappa shape index (κ2) is 10.9. The van der Waals surface area contributed by atoms with Gasteiger partial charge in [-0.3, -0.25) is 9.59 Å². The highest BCUT2D eigenvalue weighted by Crippen LogP contribution is 2.30. The summed E-state index contributed by atoms with van der Waals surface area (Å²) in [5.41, 5.74) is 4.32. The van der Waals surface area contributed by atoms with Gasteiger partial charge in [-0.15, -0.1) is 0 Å². The largest absolute Gasteiger partial charge is 0.446 e. The van der Waals surface area contributed by atoms with Gasteiger partial charge in [-0.25, -0.2) is 4.98 Å². The smallest absolute Gasteiger partial charge is 0.339 e. The van der Waals surface area contributed by atoms with Crippen LogP contribution in [0.25, 0.3) is 0 Å². The van der Waals surface area contributed by atoms with E-state index in [1.54, 1.807) is 6.20 Å². The summed E-state index contributed by atoms with van der Waals surface area (Å²) in [5.74, 6) is 0.964. The first-order chi connectivity index (χ1) is 16.8. The molecule has 3 aromatic rings. The molecule has 2 heterocycles. The van der Waals surface area contributed by atoms with Crippen LogP contribution in [0.4, 0.5) is 42.0 Å². The Labute approximate surface area is 211 Å². The third-order valence-electron chi connectivity index (χ3n) is 5.04. The Morgan fingerprint density at radius 1 is 1.06 bits per heavy atom. The number of rotatable bonds is 1. The molecule has 1 aliphatic rings. The van der Waals surface area contributed by atoms with Crippen LogP contribution in [0.3, 0.4) is 0 Å². The molecule has 0 unspecified atom stereocenters. The lowest BCUT2D eigenvalue weighted by molar-refractivity contribution is -0.156. The second-order valence-electron chi connectivity index (χ2n) is 9.08. The van der Waals surface area contributed by atoms with Crippen LogP contribution in [0.2, 0.25) is 5.02 Å². The highest BCUT2D eigenvalue weighted by atomic mass is 35.5. The van der Waals surface area contributed by atoms with Gasteiger partial charge >= 0.3 is 6.18 Å². The third kappa shape index (κ3) is 7.67. The molecule has 0 aliphatic carbocycles. The SMILES string of the molecule is CC(C)(C)C(=O)Nc1ccc2cc1CCc1cccc(c1)Nc1ncc(Cl)c(n1)N2.O=CC(F)(F)F. The summed E-state index contributed by atoms with van der Waals surface area (Å²) in [6.07, 6.45) is -2.53. The van der Waals surface area contributed by atoms with Crippen LogP contribution in [0.5, 0.6) is 0 Å². The fourth-order valence-corrected chi connectivity index (χ4v) is 3.31. The summed E-state index contributed by atoms with van der Waals surface area (Å²) in [7, 11) is 0. The fraction of sp³-hybridized carbons (Fsp3) is 0.280. The van der Waals surface area contributed by atoms with Gasteiger partial charge in [0.05, 0.1) is 6.20 Å². The van der Waals surface area contributed by atoms with Gasteiger partial charge < -0.3 is 16.0 Å². The van der Waals surface area contributed by atoms with Crippen LogP contribution in [-0.2, 0) is 22.4 Å². The summed E-state index contributed by atoms with van der Waals surface area (Å²) < 4.78 is 31.2. The lowest BCUT2D eigenvalue weighted by Gasteiger charge is -2.20. The molecule has 11 heteroatoms. The van der Waals surface area contributed by atoms with Gasteiger partial charge in [0.2, 0.25) is 18.1 Å². The quantitative estimate of drug-likeness (QED) is 0.320. The van der Waals surface area contributed by atoms with Crippen LogP contribution >= 0.6 is 11.6 Å². The Bertz CT molecular complexity index is 1260. The molecule has 0 fully saturated rings. The predicted octanol–water partition coefficient (Wildman–Crippen LogP) is 6.45. The number of benzene rings is 2. The summed E-state index contributed by atoms with van der Waals surface area (Å²) in [5, 5.41) is 10.0. The number of amides is 1. The van der Waals surface area contributed by atoms with E-state index in [1.165, 1.54) is 5.56 Å². The molecule has 0 atom stereocenters. The number of alkyl halides is 3. The summed E-state index contributed by atoms with van der Waals surface area (Å²) >= 11 is 6.31. The molecular formula is C25H25ClF3N5O2. The Morgan fingerprint density at radius 2 is 1.75 bits per heavy atom. The number of nitrogens with zero attached hydrogens (tertiary/aromatic N) is 2. The van der Waals surface area contributed by atoms with Gasteiger partial charge in [-0.05, 0) is 54.3 Å². The minimum atomic E-state index is -4.64. The van der Waals surface area contributed by atoms with E-state index in [4.69, 9.17) is 16.4 Å². The summed E-state index contributed by atoms with van der Waals surface area (Å²) in [6.45, 7) is 5.71. The van der Waals surface area contributed by atoms with Crippen molar-refractivity contribution in [3.8, 4) is 0 Å². The number of aromatic nitrogens is 2. The van der Waals surface area contributed by atoms with E-state index in [0.717, 1.165) is 35.5 Å². The van der Waals surface area contributed by atoms with Crippen molar-refractivity contribution < 1.29 is 22.8 Å². The Kier molecular flexibility index (Phi) is 8.19. The van der Waals surface area contributed by atoms with Crippen LogP contribution in [0, 0.1) is 5.41 Å². The van der Waals surface area contributed by atoms with Crippen molar-refractivity contribution in [2.45, 2.75) is 39.8 Å². The van der Waals surface area contributed by atoms with E-state index >= 15 is 0 Å². The molecule has 7 nitrogen and oxygen atoms in total. The van der Waals surface area contributed by atoms with Crippen molar-refractivity contribution in [2.75, 3.05) is 16.0 Å². The Balaban J connectivity index is 0.000000538. The number of hydrogen-bond acceptors (Lipinski definition) is 6. The maximum atomic E-state index is 12.6. The molecule has 190 valence electrons. The number of fused-ring (bicyclic) bond motifs is 6. The lowest BCUT2D eigenvalue weighted by Crippen LogP contribution is -2.28. The van der Waals surface area contributed by atoms with E-state index in [0.29, 0.717) is 16.8 Å². The number of carbonyl (C=O) groups excluding carboxylic acids is 2. The molecule has 1 aliphatic heterocycles. The molecular weight excluding hydrogens is 495 g/mol. The zero-order valence-corrected chi connectivity index (χ0v) is 20.6. The minimum absolute atomic E-state index is 0.0166. The fourth-order valence-electron chi connectivity index (χ4n) is 3.17. The number of anilines is 5. The molecule has 0 radical (unpaired) electrons. The van der Waals surface area contributed by atoms with Crippen molar-refractivity contribution in [1.82, 2.24) is 9.97 Å².